The molecule has 18 heavy (non-hydrogen) atoms. The lowest BCUT2D eigenvalue weighted by Gasteiger charge is -2.09. The number of halogens is 1. The van der Waals surface area contributed by atoms with Crippen molar-refractivity contribution < 1.29 is 0 Å². The summed E-state index contributed by atoms with van der Waals surface area (Å²) in [6, 6.07) is 6.01. The summed E-state index contributed by atoms with van der Waals surface area (Å²) in [6.45, 7) is 4.04. The van der Waals surface area contributed by atoms with Gasteiger partial charge in [0.25, 0.3) is 0 Å². The summed E-state index contributed by atoms with van der Waals surface area (Å²) in [5.41, 5.74) is 3.51. The highest BCUT2D eigenvalue weighted by Crippen LogP contribution is 2.26. The summed E-state index contributed by atoms with van der Waals surface area (Å²) in [6.07, 6.45) is 5.01. The van der Waals surface area contributed by atoms with Crippen LogP contribution in [0.25, 0.3) is 11.1 Å². The number of nitrogens with one attached hydrogen (secondary N) is 1. The molecular formula is C14H18ClN3. The summed E-state index contributed by atoms with van der Waals surface area (Å²) in [7, 11) is 1.92. The van der Waals surface area contributed by atoms with Gasteiger partial charge in [-0.25, -0.2) is 0 Å². The van der Waals surface area contributed by atoms with Gasteiger partial charge in [-0.3, -0.25) is 4.68 Å². The molecule has 96 valence electrons. The Balaban J connectivity index is 2.29. The number of rotatable bonds is 5. The molecule has 4 heteroatoms. The average molecular weight is 264 g/mol. The van der Waals surface area contributed by atoms with E-state index in [0.717, 1.165) is 35.7 Å². The first-order valence-corrected chi connectivity index (χ1v) is 6.56. The molecular weight excluding hydrogens is 246 g/mol. The lowest BCUT2D eigenvalue weighted by Crippen LogP contribution is -2.14. The molecule has 1 aromatic heterocycles. The third-order valence-corrected chi connectivity index (χ3v) is 3.07. The van der Waals surface area contributed by atoms with E-state index in [4.69, 9.17) is 11.6 Å². The zero-order chi connectivity index (χ0) is 13.0. The average Bonchev–Trinajstić information content (AvgIpc) is 2.78. The molecule has 0 aliphatic carbocycles. The van der Waals surface area contributed by atoms with E-state index < -0.39 is 0 Å². The van der Waals surface area contributed by atoms with Crippen LogP contribution < -0.4 is 5.32 Å². The fourth-order valence-corrected chi connectivity index (χ4v) is 2.10. The minimum atomic E-state index is 0.757. The van der Waals surface area contributed by atoms with Gasteiger partial charge in [0.05, 0.1) is 6.20 Å². The molecule has 0 aliphatic heterocycles. The fraction of sp³-hybridized carbons (Fsp3) is 0.357. The molecule has 0 bridgehead atoms. The van der Waals surface area contributed by atoms with Crippen LogP contribution in [0.5, 0.6) is 0 Å². The third kappa shape index (κ3) is 3.12. The lowest BCUT2D eigenvalue weighted by molar-refractivity contribution is 0.676. The summed E-state index contributed by atoms with van der Waals surface area (Å²) in [5, 5.41) is 8.39. The second-order valence-corrected chi connectivity index (χ2v) is 4.82. The molecule has 0 saturated carbocycles. The second-order valence-electron chi connectivity index (χ2n) is 4.38. The van der Waals surface area contributed by atoms with Crippen molar-refractivity contribution in [3.05, 3.63) is 41.2 Å². The van der Waals surface area contributed by atoms with E-state index in [9.17, 15) is 0 Å². The SMILES string of the molecule is CCCNCc1ccc(Cl)cc1-c1cnn(C)c1. The summed E-state index contributed by atoms with van der Waals surface area (Å²) in [4.78, 5) is 0. The molecule has 2 rings (SSSR count). The van der Waals surface area contributed by atoms with E-state index in [1.54, 1.807) is 4.68 Å². The molecule has 0 saturated heterocycles. The summed E-state index contributed by atoms with van der Waals surface area (Å²) < 4.78 is 1.81. The minimum Gasteiger partial charge on any atom is -0.313 e. The van der Waals surface area contributed by atoms with E-state index in [1.165, 1.54) is 5.56 Å². The van der Waals surface area contributed by atoms with Crippen molar-refractivity contribution in [3.63, 3.8) is 0 Å². The predicted molar refractivity (Wildman–Crippen MR) is 75.7 cm³/mol. The Morgan fingerprint density at radius 2 is 2.22 bits per heavy atom. The van der Waals surface area contributed by atoms with Gasteiger partial charge in [0.2, 0.25) is 0 Å². The van der Waals surface area contributed by atoms with Crippen molar-refractivity contribution in [1.82, 2.24) is 15.1 Å². The van der Waals surface area contributed by atoms with Gasteiger partial charge in [-0.05, 0) is 36.2 Å². The molecule has 0 spiro atoms. The normalized spacial score (nSPS) is 10.8. The maximum atomic E-state index is 6.09. The van der Waals surface area contributed by atoms with E-state index in [-0.39, 0.29) is 0 Å². The highest BCUT2D eigenvalue weighted by atomic mass is 35.5. The maximum Gasteiger partial charge on any atom is 0.0568 e. The molecule has 0 radical (unpaired) electrons. The zero-order valence-corrected chi connectivity index (χ0v) is 11.5. The number of aryl methyl sites for hydroxylation is 1. The van der Waals surface area contributed by atoms with Crippen LogP contribution in [0, 0.1) is 0 Å². The van der Waals surface area contributed by atoms with Crippen molar-refractivity contribution >= 4 is 11.6 Å². The fourth-order valence-electron chi connectivity index (χ4n) is 1.93. The van der Waals surface area contributed by atoms with Crippen molar-refractivity contribution in [1.29, 1.82) is 0 Å². The number of benzene rings is 1. The number of nitrogens with zero attached hydrogens (tertiary/aromatic N) is 2. The van der Waals surface area contributed by atoms with Crippen LogP contribution in [0.4, 0.5) is 0 Å². The Bertz CT molecular complexity index is 520. The van der Waals surface area contributed by atoms with Gasteiger partial charge in [-0.15, -0.1) is 0 Å². The van der Waals surface area contributed by atoms with Gasteiger partial charge >= 0.3 is 0 Å². The Kier molecular flexibility index (Phi) is 4.39. The van der Waals surface area contributed by atoms with E-state index in [1.807, 2.05) is 31.6 Å². The topological polar surface area (TPSA) is 29.9 Å². The van der Waals surface area contributed by atoms with Gasteiger partial charge in [-0.2, -0.15) is 5.10 Å². The molecule has 0 atom stereocenters. The quantitative estimate of drug-likeness (QED) is 0.840. The van der Waals surface area contributed by atoms with Crippen molar-refractivity contribution in [2.75, 3.05) is 6.54 Å². The largest absolute Gasteiger partial charge is 0.313 e. The van der Waals surface area contributed by atoms with Crippen LogP contribution in [0.3, 0.4) is 0 Å². The van der Waals surface area contributed by atoms with E-state index >= 15 is 0 Å². The monoisotopic (exact) mass is 263 g/mol. The molecule has 0 fully saturated rings. The Morgan fingerprint density at radius 1 is 1.39 bits per heavy atom. The van der Waals surface area contributed by atoms with E-state index in [0.29, 0.717) is 0 Å². The van der Waals surface area contributed by atoms with E-state index in [2.05, 4.69) is 23.4 Å². The maximum absolute atomic E-state index is 6.09. The number of aromatic nitrogens is 2. The molecule has 1 aromatic carbocycles. The van der Waals surface area contributed by atoms with Gasteiger partial charge in [0.15, 0.2) is 0 Å². The van der Waals surface area contributed by atoms with Crippen molar-refractivity contribution in [2.45, 2.75) is 19.9 Å². The molecule has 1 N–H and O–H groups in total. The van der Waals surface area contributed by atoms with Gasteiger partial charge in [-0.1, -0.05) is 24.6 Å². The zero-order valence-electron chi connectivity index (χ0n) is 10.8. The first-order chi connectivity index (χ1) is 8.70. The molecule has 3 nitrogen and oxygen atoms in total. The Hall–Kier alpha value is -1.32. The first kappa shape index (κ1) is 13.1. The second kappa shape index (κ2) is 6.03. The highest BCUT2D eigenvalue weighted by molar-refractivity contribution is 6.30. The van der Waals surface area contributed by atoms with Gasteiger partial charge < -0.3 is 5.32 Å². The van der Waals surface area contributed by atoms with Crippen LogP contribution in [-0.2, 0) is 13.6 Å². The molecule has 0 amide bonds. The molecule has 1 heterocycles. The molecule has 0 unspecified atom stereocenters. The van der Waals surface area contributed by atoms with Crippen LogP contribution in [0.2, 0.25) is 5.02 Å². The summed E-state index contributed by atoms with van der Waals surface area (Å²) >= 11 is 6.09. The van der Waals surface area contributed by atoms with Crippen LogP contribution in [0.1, 0.15) is 18.9 Å². The predicted octanol–water partition coefficient (Wildman–Crippen LogP) is 3.24. The molecule has 2 aromatic rings. The summed E-state index contributed by atoms with van der Waals surface area (Å²) in [5.74, 6) is 0. The smallest absolute Gasteiger partial charge is 0.0568 e. The first-order valence-electron chi connectivity index (χ1n) is 6.19. The molecule has 0 aliphatic rings. The number of hydrogen-bond donors (Lipinski definition) is 1. The minimum absolute atomic E-state index is 0.757. The third-order valence-electron chi connectivity index (χ3n) is 2.83. The van der Waals surface area contributed by atoms with Crippen LogP contribution >= 0.6 is 11.6 Å². The van der Waals surface area contributed by atoms with Crippen LogP contribution in [-0.4, -0.2) is 16.3 Å². The Labute approximate surface area is 113 Å². The van der Waals surface area contributed by atoms with Gasteiger partial charge in [0, 0.05) is 30.4 Å². The lowest BCUT2D eigenvalue weighted by atomic mass is 10.0. The Morgan fingerprint density at radius 3 is 2.89 bits per heavy atom. The number of hydrogen-bond acceptors (Lipinski definition) is 2. The van der Waals surface area contributed by atoms with Crippen molar-refractivity contribution in [3.8, 4) is 11.1 Å². The van der Waals surface area contributed by atoms with Gasteiger partial charge in [0.1, 0.15) is 0 Å². The van der Waals surface area contributed by atoms with Crippen molar-refractivity contribution in [2.24, 2.45) is 7.05 Å². The highest BCUT2D eigenvalue weighted by Gasteiger charge is 2.07. The standard InChI is InChI=1S/C14H18ClN3/c1-3-6-16-8-11-4-5-13(15)7-14(11)12-9-17-18(2)10-12/h4-5,7,9-10,16H,3,6,8H2,1-2H3. The van der Waals surface area contributed by atoms with Crippen LogP contribution in [0.15, 0.2) is 30.6 Å².